The SMILES string of the molecule is CCCCn1c(N)c(N(CC)C(=O)COC(=O)CCC)c(=O)[nH]c1=O. The molecule has 9 nitrogen and oxygen atoms in total. The summed E-state index contributed by atoms with van der Waals surface area (Å²) in [6, 6.07) is 0. The van der Waals surface area contributed by atoms with Crippen molar-refractivity contribution in [2.45, 2.75) is 53.0 Å². The molecule has 0 unspecified atom stereocenters. The number of aromatic nitrogens is 2. The fraction of sp³-hybridized carbons (Fsp3) is 0.625. The molecule has 1 rings (SSSR count). The molecule has 0 aliphatic heterocycles. The summed E-state index contributed by atoms with van der Waals surface area (Å²) in [6.07, 6.45) is 2.36. The molecule has 9 heteroatoms. The van der Waals surface area contributed by atoms with Crippen molar-refractivity contribution in [3.63, 3.8) is 0 Å². The number of amides is 1. The lowest BCUT2D eigenvalue weighted by molar-refractivity contribution is -0.147. The molecule has 1 aromatic heterocycles. The number of esters is 1. The summed E-state index contributed by atoms with van der Waals surface area (Å²) in [7, 11) is 0. The molecule has 0 fully saturated rings. The lowest BCUT2D eigenvalue weighted by Gasteiger charge is -2.23. The van der Waals surface area contributed by atoms with Gasteiger partial charge in [-0.25, -0.2) is 4.79 Å². The molecule has 0 aromatic carbocycles. The number of ether oxygens (including phenoxy) is 1. The van der Waals surface area contributed by atoms with E-state index < -0.39 is 29.7 Å². The molecule has 1 aromatic rings. The fourth-order valence-electron chi connectivity index (χ4n) is 2.33. The number of rotatable bonds is 9. The standard InChI is InChI=1S/C16H26N4O5/c1-4-7-9-20-14(17)13(15(23)18-16(20)24)19(6-3)11(21)10-25-12(22)8-5-2/h4-10,17H2,1-3H3,(H,18,23,24). The number of anilines is 2. The molecular weight excluding hydrogens is 328 g/mol. The lowest BCUT2D eigenvalue weighted by Crippen LogP contribution is -2.42. The highest BCUT2D eigenvalue weighted by atomic mass is 16.5. The van der Waals surface area contributed by atoms with Crippen LogP contribution < -0.4 is 21.9 Å². The second-order valence-corrected chi connectivity index (χ2v) is 5.55. The second kappa shape index (κ2) is 9.65. The average molecular weight is 354 g/mol. The number of unbranched alkanes of at least 4 members (excludes halogenated alkanes) is 1. The highest BCUT2D eigenvalue weighted by Crippen LogP contribution is 2.17. The highest BCUT2D eigenvalue weighted by Gasteiger charge is 2.23. The van der Waals surface area contributed by atoms with Gasteiger partial charge in [-0.3, -0.25) is 23.9 Å². The molecule has 0 spiro atoms. The Morgan fingerprint density at radius 2 is 1.88 bits per heavy atom. The van der Waals surface area contributed by atoms with Crippen molar-refractivity contribution < 1.29 is 14.3 Å². The van der Waals surface area contributed by atoms with E-state index in [9.17, 15) is 19.2 Å². The molecule has 0 aliphatic rings. The van der Waals surface area contributed by atoms with Crippen LogP contribution in [-0.4, -0.2) is 34.6 Å². The molecule has 0 aliphatic carbocycles. The summed E-state index contributed by atoms with van der Waals surface area (Å²) in [5, 5.41) is 0. The Balaban J connectivity index is 3.13. The van der Waals surface area contributed by atoms with Crippen LogP contribution in [0, 0.1) is 0 Å². The summed E-state index contributed by atoms with van der Waals surface area (Å²) in [5.74, 6) is -1.14. The zero-order valence-corrected chi connectivity index (χ0v) is 15.0. The molecule has 0 atom stereocenters. The van der Waals surface area contributed by atoms with Crippen LogP contribution in [0.3, 0.4) is 0 Å². The number of carbonyl (C=O) groups is 2. The maximum Gasteiger partial charge on any atom is 0.330 e. The van der Waals surface area contributed by atoms with Gasteiger partial charge < -0.3 is 15.4 Å². The number of nitrogens with zero attached hydrogens (tertiary/aromatic N) is 2. The van der Waals surface area contributed by atoms with Gasteiger partial charge in [0.25, 0.3) is 11.5 Å². The molecular formula is C16H26N4O5. The first-order valence-electron chi connectivity index (χ1n) is 8.45. The van der Waals surface area contributed by atoms with Crippen molar-refractivity contribution in [3.8, 4) is 0 Å². The van der Waals surface area contributed by atoms with Gasteiger partial charge in [0.1, 0.15) is 5.82 Å². The molecule has 0 saturated carbocycles. The third-order valence-electron chi connectivity index (χ3n) is 3.65. The van der Waals surface area contributed by atoms with E-state index >= 15 is 0 Å². The van der Waals surface area contributed by atoms with Gasteiger partial charge in [0, 0.05) is 19.5 Å². The van der Waals surface area contributed by atoms with Crippen molar-refractivity contribution in [1.82, 2.24) is 9.55 Å². The van der Waals surface area contributed by atoms with Crippen molar-refractivity contribution in [1.29, 1.82) is 0 Å². The van der Waals surface area contributed by atoms with Gasteiger partial charge in [-0.15, -0.1) is 0 Å². The Kier molecular flexibility index (Phi) is 7.90. The molecule has 0 bridgehead atoms. The van der Waals surface area contributed by atoms with Crippen LogP contribution >= 0.6 is 0 Å². The first-order valence-corrected chi connectivity index (χ1v) is 8.45. The van der Waals surface area contributed by atoms with Gasteiger partial charge in [-0.1, -0.05) is 20.3 Å². The van der Waals surface area contributed by atoms with Crippen LogP contribution in [0.15, 0.2) is 9.59 Å². The maximum atomic E-state index is 12.4. The van der Waals surface area contributed by atoms with Crippen LogP contribution in [0.1, 0.15) is 46.5 Å². The van der Waals surface area contributed by atoms with Gasteiger partial charge in [-0.2, -0.15) is 0 Å². The number of nitrogen functional groups attached to an aromatic ring is 1. The quantitative estimate of drug-likeness (QED) is 0.626. The van der Waals surface area contributed by atoms with Crippen molar-refractivity contribution in [2.24, 2.45) is 0 Å². The van der Waals surface area contributed by atoms with Crippen LogP contribution in [-0.2, 0) is 20.9 Å². The summed E-state index contributed by atoms with van der Waals surface area (Å²) >= 11 is 0. The van der Waals surface area contributed by atoms with Gasteiger partial charge in [-0.05, 0) is 19.8 Å². The number of hydrogen-bond acceptors (Lipinski definition) is 6. The number of hydrogen-bond donors (Lipinski definition) is 2. The monoisotopic (exact) mass is 354 g/mol. The summed E-state index contributed by atoms with van der Waals surface area (Å²) < 4.78 is 6.13. The van der Waals surface area contributed by atoms with E-state index in [4.69, 9.17) is 10.5 Å². The van der Waals surface area contributed by atoms with Crippen LogP contribution in [0.4, 0.5) is 11.5 Å². The summed E-state index contributed by atoms with van der Waals surface area (Å²) in [4.78, 5) is 51.2. The minimum Gasteiger partial charge on any atom is -0.456 e. The van der Waals surface area contributed by atoms with Gasteiger partial charge in [0.2, 0.25) is 0 Å². The Bertz CT molecular complexity index is 722. The molecule has 0 radical (unpaired) electrons. The van der Waals surface area contributed by atoms with Gasteiger partial charge in [0.15, 0.2) is 12.3 Å². The third kappa shape index (κ3) is 5.20. The first kappa shape index (κ1) is 20.5. The number of aromatic amines is 1. The van der Waals surface area contributed by atoms with Crippen molar-refractivity contribution >= 4 is 23.4 Å². The predicted octanol–water partition coefficient (Wildman–Crippen LogP) is 0.615. The fourth-order valence-corrected chi connectivity index (χ4v) is 2.33. The number of carbonyl (C=O) groups excluding carboxylic acids is 2. The third-order valence-corrected chi connectivity index (χ3v) is 3.65. The van der Waals surface area contributed by atoms with E-state index in [0.717, 1.165) is 11.3 Å². The topological polar surface area (TPSA) is 127 Å². The lowest BCUT2D eigenvalue weighted by atomic mass is 10.3. The minimum atomic E-state index is -0.745. The molecule has 140 valence electrons. The maximum absolute atomic E-state index is 12.4. The molecule has 3 N–H and O–H groups in total. The largest absolute Gasteiger partial charge is 0.456 e. The van der Waals surface area contributed by atoms with E-state index in [1.165, 1.54) is 4.57 Å². The van der Waals surface area contributed by atoms with Gasteiger partial charge >= 0.3 is 11.7 Å². The van der Waals surface area contributed by atoms with Gasteiger partial charge in [0.05, 0.1) is 0 Å². The summed E-state index contributed by atoms with van der Waals surface area (Å²) in [6.45, 7) is 5.43. The Labute approximate surface area is 145 Å². The smallest absolute Gasteiger partial charge is 0.330 e. The predicted molar refractivity (Wildman–Crippen MR) is 94.5 cm³/mol. The first-order chi connectivity index (χ1) is 11.9. The van der Waals surface area contributed by atoms with E-state index in [1.54, 1.807) is 6.92 Å². The zero-order valence-electron chi connectivity index (χ0n) is 15.0. The molecule has 1 amide bonds. The summed E-state index contributed by atoms with van der Waals surface area (Å²) in [5.41, 5.74) is 4.52. The Hall–Kier alpha value is -2.58. The molecule has 1 heterocycles. The normalized spacial score (nSPS) is 10.5. The Morgan fingerprint density at radius 3 is 2.44 bits per heavy atom. The van der Waals surface area contributed by atoms with E-state index in [-0.39, 0.29) is 24.5 Å². The average Bonchev–Trinajstić information content (AvgIpc) is 2.56. The van der Waals surface area contributed by atoms with Crippen molar-refractivity contribution in [3.05, 3.63) is 20.8 Å². The Morgan fingerprint density at radius 1 is 1.20 bits per heavy atom. The molecule has 25 heavy (non-hydrogen) atoms. The number of nitrogens with one attached hydrogen (secondary N) is 1. The number of nitrogens with two attached hydrogens (primary N) is 1. The highest BCUT2D eigenvalue weighted by molar-refractivity contribution is 5.97. The van der Waals surface area contributed by atoms with E-state index in [2.05, 4.69) is 4.98 Å². The van der Waals surface area contributed by atoms with Crippen LogP contribution in [0.25, 0.3) is 0 Å². The van der Waals surface area contributed by atoms with E-state index in [0.29, 0.717) is 19.4 Å². The minimum absolute atomic E-state index is 0.0720. The van der Waals surface area contributed by atoms with Crippen LogP contribution in [0.2, 0.25) is 0 Å². The van der Waals surface area contributed by atoms with Crippen LogP contribution in [0.5, 0.6) is 0 Å². The zero-order chi connectivity index (χ0) is 19.0. The number of H-pyrrole nitrogens is 1. The van der Waals surface area contributed by atoms with E-state index in [1.807, 2.05) is 13.8 Å². The number of likely N-dealkylation sites (N-methyl/N-ethyl adjacent to an activating group) is 1. The van der Waals surface area contributed by atoms with Crippen molar-refractivity contribution in [2.75, 3.05) is 23.8 Å². The second-order valence-electron chi connectivity index (χ2n) is 5.55. The molecule has 0 saturated heterocycles.